The van der Waals surface area contributed by atoms with E-state index in [0.29, 0.717) is 11.3 Å². The lowest BCUT2D eigenvalue weighted by Crippen LogP contribution is -2.57. The number of aromatic hydroxyl groups is 3. The molecule has 0 radical (unpaired) electrons. The van der Waals surface area contributed by atoms with Gasteiger partial charge in [0, 0.05) is 34.1 Å². The summed E-state index contributed by atoms with van der Waals surface area (Å²) in [5, 5.41) is 29.9. The molecule has 4 heteroatoms. The Balaban J connectivity index is 2.29. The van der Waals surface area contributed by atoms with Crippen LogP contribution in [0.4, 0.5) is 0 Å². The van der Waals surface area contributed by atoms with E-state index in [0.717, 1.165) is 5.56 Å². The Morgan fingerprint density at radius 1 is 0.750 bits per heavy atom. The van der Waals surface area contributed by atoms with Crippen molar-refractivity contribution < 1.29 is 20.1 Å². The minimum absolute atomic E-state index is 0.00534. The molecule has 0 aromatic heterocycles. The van der Waals surface area contributed by atoms with Crippen LogP contribution in [0, 0.1) is 5.41 Å². The number of hydrogen-bond donors (Lipinski definition) is 3. The van der Waals surface area contributed by atoms with Crippen molar-refractivity contribution in [1.82, 2.24) is 0 Å². The van der Waals surface area contributed by atoms with Crippen molar-refractivity contribution in [3.05, 3.63) is 47.5 Å². The second-order valence-corrected chi connectivity index (χ2v) is 7.77. The molecule has 1 aliphatic heterocycles. The van der Waals surface area contributed by atoms with Gasteiger partial charge in [0.1, 0.15) is 28.6 Å². The van der Waals surface area contributed by atoms with Crippen LogP contribution < -0.4 is 4.74 Å². The standard InChI is InChI=1S/C20H24O4/c1-18(2)15-9-7-13(22)11-17(15)24-20(5,19(18,3)4)14-8-6-12(21)10-16(14)23/h6-11,21-23H,1-5H3. The quantitative estimate of drug-likeness (QED) is 0.725. The van der Waals surface area contributed by atoms with E-state index in [4.69, 9.17) is 4.74 Å². The molecule has 3 N–H and O–H groups in total. The van der Waals surface area contributed by atoms with Crippen LogP contribution in [0.1, 0.15) is 45.7 Å². The monoisotopic (exact) mass is 328 g/mol. The van der Waals surface area contributed by atoms with Crippen LogP contribution in [0.5, 0.6) is 23.0 Å². The highest BCUT2D eigenvalue weighted by Gasteiger charge is 2.58. The summed E-state index contributed by atoms with van der Waals surface area (Å²) >= 11 is 0. The van der Waals surface area contributed by atoms with Crippen LogP contribution in [0.3, 0.4) is 0 Å². The van der Waals surface area contributed by atoms with Gasteiger partial charge in [-0.1, -0.05) is 33.8 Å². The normalized spacial score (nSPS) is 24.0. The maximum absolute atomic E-state index is 10.4. The smallest absolute Gasteiger partial charge is 0.141 e. The first kappa shape index (κ1) is 16.5. The number of phenolic OH excluding ortho intramolecular Hbond substituents is 3. The maximum atomic E-state index is 10.4. The van der Waals surface area contributed by atoms with E-state index in [1.165, 1.54) is 6.07 Å². The first-order valence-corrected chi connectivity index (χ1v) is 8.06. The number of rotatable bonds is 1. The summed E-state index contributed by atoms with van der Waals surface area (Å²) in [5.74, 6) is 0.742. The predicted molar refractivity (Wildman–Crippen MR) is 92.7 cm³/mol. The molecule has 0 bridgehead atoms. The Kier molecular flexibility index (Phi) is 3.31. The molecule has 1 unspecified atom stereocenters. The minimum Gasteiger partial charge on any atom is -0.508 e. The van der Waals surface area contributed by atoms with E-state index in [1.807, 2.05) is 13.0 Å². The molecule has 0 saturated carbocycles. The van der Waals surface area contributed by atoms with Crippen LogP contribution >= 0.6 is 0 Å². The van der Waals surface area contributed by atoms with Crippen molar-refractivity contribution in [3.63, 3.8) is 0 Å². The Morgan fingerprint density at radius 2 is 1.29 bits per heavy atom. The van der Waals surface area contributed by atoms with E-state index in [1.54, 1.807) is 24.3 Å². The van der Waals surface area contributed by atoms with Gasteiger partial charge in [0.05, 0.1) is 0 Å². The molecule has 3 rings (SSSR count). The zero-order chi connectivity index (χ0) is 17.9. The molecule has 1 aliphatic rings. The summed E-state index contributed by atoms with van der Waals surface area (Å²) in [6, 6.07) is 9.73. The fraction of sp³-hybridized carbons (Fsp3) is 0.400. The topological polar surface area (TPSA) is 69.9 Å². The second kappa shape index (κ2) is 4.82. The third-order valence-corrected chi connectivity index (χ3v) is 6.20. The van der Waals surface area contributed by atoms with Crippen LogP contribution in [0.25, 0.3) is 0 Å². The Labute approximate surface area is 142 Å². The number of hydrogen-bond acceptors (Lipinski definition) is 4. The lowest BCUT2D eigenvalue weighted by molar-refractivity contribution is -0.0948. The summed E-state index contributed by atoms with van der Waals surface area (Å²) < 4.78 is 6.36. The van der Waals surface area contributed by atoms with Gasteiger partial charge in [-0.25, -0.2) is 0 Å². The van der Waals surface area contributed by atoms with E-state index in [-0.39, 0.29) is 22.7 Å². The number of benzene rings is 2. The second-order valence-electron chi connectivity index (χ2n) is 7.77. The molecule has 128 valence electrons. The third kappa shape index (κ3) is 1.98. The molecule has 0 saturated heterocycles. The zero-order valence-electron chi connectivity index (χ0n) is 14.7. The van der Waals surface area contributed by atoms with Crippen molar-refractivity contribution >= 4 is 0 Å². The van der Waals surface area contributed by atoms with E-state index in [9.17, 15) is 15.3 Å². The van der Waals surface area contributed by atoms with E-state index in [2.05, 4.69) is 27.7 Å². The highest BCUT2D eigenvalue weighted by molar-refractivity contribution is 5.52. The lowest BCUT2D eigenvalue weighted by atomic mass is 9.53. The molecule has 0 spiro atoms. The summed E-state index contributed by atoms with van der Waals surface area (Å²) in [6.07, 6.45) is 0. The van der Waals surface area contributed by atoms with Crippen molar-refractivity contribution in [2.24, 2.45) is 5.41 Å². The van der Waals surface area contributed by atoms with E-state index < -0.39 is 11.0 Å². The molecule has 1 heterocycles. The molecular weight excluding hydrogens is 304 g/mol. The van der Waals surface area contributed by atoms with Gasteiger partial charge < -0.3 is 20.1 Å². The van der Waals surface area contributed by atoms with Crippen molar-refractivity contribution in [2.75, 3.05) is 0 Å². The fourth-order valence-electron chi connectivity index (χ4n) is 3.71. The number of phenols is 3. The molecule has 24 heavy (non-hydrogen) atoms. The van der Waals surface area contributed by atoms with Crippen LogP contribution in [-0.2, 0) is 11.0 Å². The van der Waals surface area contributed by atoms with E-state index >= 15 is 0 Å². The Morgan fingerprint density at radius 3 is 1.88 bits per heavy atom. The van der Waals surface area contributed by atoms with Crippen molar-refractivity contribution in [2.45, 2.75) is 45.6 Å². The average Bonchev–Trinajstić information content (AvgIpc) is 2.45. The van der Waals surface area contributed by atoms with Gasteiger partial charge in [-0.2, -0.15) is 0 Å². The third-order valence-electron chi connectivity index (χ3n) is 6.20. The Bertz CT molecular complexity index is 807. The first-order valence-electron chi connectivity index (χ1n) is 8.06. The average molecular weight is 328 g/mol. The molecule has 1 atom stereocenters. The van der Waals surface area contributed by atoms with Crippen molar-refractivity contribution in [3.8, 4) is 23.0 Å². The SMILES string of the molecule is CC1(C)c2ccc(O)cc2OC(C)(c2ccc(O)cc2O)C1(C)C. The van der Waals surface area contributed by atoms with Gasteiger partial charge >= 0.3 is 0 Å². The van der Waals surface area contributed by atoms with Gasteiger partial charge in [0.25, 0.3) is 0 Å². The largest absolute Gasteiger partial charge is 0.508 e. The van der Waals surface area contributed by atoms with Gasteiger partial charge in [0.2, 0.25) is 0 Å². The summed E-state index contributed by atoms with van der Waals surface area (Å²) in [4.78, 5) is 0. The van der Waals surface area contributed by atoms with Crippen molar-refractivity contribution in [1.29, 1.82) is 0 Å². The Hall–Kier alpha value is -2.36. The zero-order valence-corrected chi connectivity index (χ0v) is 14.7. The number of ether oxygens (including phenoxy) is 1. The number of fused-ring (bicyclic) bond motifs is 1. The minimum atomic E-state index is -0.852. The van der Waals surface area contributed by atoms with Crippen LogP contribution in [-0.4, -0.2) is 15.3 Å². The van der Waals surface area contributed by atoms with Gasteiger partial charge in [-0.3, -0.25) is 0 Å². The fourth-order valence-corrected chi connectivity index (χ4v) is 3.71. The van der Waals surface area contributed by atoms with Crippen LogP contribution in [0.2, 0.25) is 0 Å². The maximum Gasteiger partial charge on any atom is 0.141 e. The molecule has 2 aromatic rings. The molecule has 0 fully saturated rings. The molecule has 2 aromatic carbocycles. The highest BCUT2D eigenvalue weighted by atomic mass is 16.5. The molecule has 0 amide bonds. The highest BCUT2D eigenvalue weighted by Crippen LogP contribution is 2.61. The summed E-state index contributed by atoms with van der Waals surface area (Å²) in [5.41, 5.74) is 0.0920. The van der Waals surface area contributed by atoms with Crippen LogP contribution in [0.15, 0.2) is 36.4 Å². The predicted octanol–water partition coefficient (Wildman–Crippen LogP) is 4.42. The first-order chi connectivity index (χ1) is 11.0. The molecule has 0 aliphatic carbocycles. The van der Waals surface area contributed by atoms with Gasteiger partial charge in [-0.05, 0) is 25.1 Å². The van der Waals surface area contributed by atoms with Gasteiger partial charge in [0.15, 0.2) is 0 Å². The molecule has 4 nitrogen and oxygen atoms in total. The lowest BCUT2D eigenvalue weighted by Gasteiger charge is -2.57. The summed E-state index contributed by atoms with van der Waals surface area (Å²) in [7, 11) is 0. The van der Waals surface area contributed by atoms with Gasteiger partial charge in [-0.15, -0.1) is 0 Å². The summed E-state index contributed by atoms with van der Waals surface area (Å²) in [6.45, 7) is 10.4. The molecular formula is C20H24O4.